The standard InChI is InChI=1S/C14H21NOS/c1-15(2)14(7-4-3-5-8-14)13(16)10-12-6-9-17-11-12/h6,9,11H,3-5,7-8,10H2,1-2H3. The Balaban J connectivity index is 2.13. The van der Waals surface area contributed by atoms with Crippen molar-refractivity contribution >= 4 is 17.1 Å². The van der Waals surface area contributed by atoms with Crippen LogP contribution in [0.4, 0.5) is 0 Å². The van der Waals surface area contributed by atoms with E-state index in [1.807, 2.05) is 5.38 Å². The van der Waals surface area contributed by atoms with Crippen LogP contribution >= 0.6 is 11.3 Å². The summed E-state index contributed by atoms with van der Waals surface area (Å²) in [6.07, 6.45) is 6.32. The average Bonchev–Trinajstić information content (AvgIpc) is 2.82. The lowest BCUT2D eigenvalue weighted by Crippen LogP contribution is -2.53. The first kappa shape index (κ1) is 12.8. The normalized spacial score (nSPS) is 19.5. The van der Waals surface area contributed by atoms with E-state index in [1.165, 1.54) is 24.8 Å². The number of hydrogen-bond acceptors (Lipinski definition) is 3. The minimum atomic E-state index is -0.194. The number of Topliss-reactive ketones (excluding diaryl/α,β-unsaturated/α-hetero) is 1. The fourth-order valence-electron chi connectivity index (χ4n) is 2.86. The van der Waals surface area contributed by atoms with Gasteiger partial charge in [0.25, 0.3) is 0 Å². The molecule has 94 valence electrons. The zero-order chi connectivity index (χ0) is 12.3. The SMILES string of the molecule is CN(C)C1(C(=O)Cc2ccsc2)CCCCC1. The lowest BCUT2D eigenvalue weighted by molar-refractivity contribution is -0.131. The molecule has 2 nitrogen and oxygen atoms in total. The maximum Gasteiger partial charge on any atom is 0.157 e. The Bertz CT molecular complexity index is 364. The predicted molar refractivity (Wildman–Crippen MR) is 72.5 cm³/mol. The lowest BCUT2D eigenvalue weighted by atomic mass is 9.76. The van der Waals surface area contributed by atoms with E-state index in [4.69, 9.17) is 0 Å². The molecule has 1 aliphatic rings. The van der Waals surface area contributed by atoms with Gasteiger partial charge >= 0.3 is 0 Å². The highest BCUT2D eigenvalue weighted by Crippen LogP contribution is 2.34. The van der Waals surface area contributed by atoms with Gasteiger partial charge in [-0.1, -0.05) is 19.3 Å². The van der Waals surface area contributed by atoms with Crippen LogP contribution in [0.2, 0.25) is 0 Å². The topological polar surface area (TPSA) is 20.3 Å². The molecule has 1 aromatic heterocycles. The van der Waals surface area contributed by atoms with Crippen molar-refractivity contribution in [3.63, 3.8) is 0 Å². The first-order valence-corrected chi connectivity index (χ1v) is 7.31. The van der Waals surface area contributed by atoms with E-state index in [2.05, 4.69) is 30.4 Å². The molecular formula is C14H21NOS. The molecule has 1 heterocycles. The number of thiophene rings is 1. The smallest absolute Gasteiger partial charge is 0.157 e. The zero-order valence-electron chi connectivity index (χ0n) is 10.7. The molecule has 1 aliphatic carbocycles. The molecule has 0 aromatic carbocycles. The van der Waals surface area contributed by atoms with Crippen LogP contribution in [-0.2, 0) is 11.2 Å². The van der Waals surface area contributed by atoms with E-state index in [1.54, 1.807) is 11.3 Å². The third-order valence-corrected chi connectivity index (χ3v) is 4.73. The summed E-state index contributed by atoms with van der Waals surface area (Å²) in [7, 11) is 4.10. The highest BCUT2D eigenvalue weighted by atomic mass is 32.1. The quantitative estimate of drug-likeness (QED) is 0.819. The summed E-state index contributed by atoms with van der Waals surface area (Å²) in [4.78, 5) is 14.7. The number of hydrogen-bond donors (Lipinski definition) is 0. The van der Waals surface area contributed by atoms with Crippen molar-refractivity contribution in [3.8, 4) is 0 Å². The van der Waals surface area contributed by atoms with Crippen molar-refractivity contribution in [1.82, 2.24) is 4.90 Å². The monoisotopic (exact) mass is 251 g/mol. The predicted octanol–water partition coefficient (Wildman–Crippen LogP) is 3.12. The zero-order valence-corrected chi connectivity index (χ0v) is 11.6. The Morgan fingerprint density at radius 1 is 1.35 bits per heavy atom. The molecule has 1 fully saturated rings. The van der Waals surface area contributed by atoms with Gasteiger partial charge in [-0.05, 0) is 49.3 Å². The Hall–Kier alpha value is -0.670. The molecule has 0 N–H and O–H groups in total. The molecule has 0 unspecified atom stereocenters. The van der Waals surface area contributed by atoms with Crippen LogP contribution in [0.5, 0.6) is 0 Å². The number of nitrogens with zero attached hydrogens (tertiary/aromatic N) is 1. The fraction of sp³-hybridized carbons (Fsp3) is 0.643. The molecule has 0 radical (unpaired) electrons. The van der Waals surface area contributed by atoms with E-state index in [0.29, 0.717) is 12.2 Å². The van der Waals surface area contributed by atoms with Gasteiger partial charge < -0.3 is 0 Å². The molecule has 1 aromatic rings. The summed E-state index contributed by atoms with van der Waals surface area (Å²) in [5.41, 5.74) is 0.979. The highest BCUT2D eigenvalue weighted by molar-refractivity contribution is 7.08. The lowest BCUT2D eigenvalue weighted by Gasteiger charge is -2.41. The number of carbonyl (C=O) groups is 1. The summed E-state index contributed by atoms with van der Waals surface area (Å²) in [5.74, 6) is 0.403. The third kappa shape index (κ3) is 2.61. The molecule has 3 heteroatoms. The van der Waals surface area contributed by atoms with Crippen LogP contribution in [0.25, 0.3) is 0 Å². The molecular weight excluding hydrogens is 230 g/mol. The summed E-state index contributed by atoms with van der Waals surface area (Å²) >= 11 is 1.67. The van der Waals surface area contributed by atoms with Gasteiger partial charge in [0.2, 0.25) is 0 Å². The Morgan fingerprint density at radius 3 is 2.59 bits per heavy atom. The van der Waals surface area contributed by atoms with Crippen molar-refractivity contribution < 1.29 is 4.79 Å². The molecule has 0 spiro atoms. The van der Waals surface area contributed by atoms with Gasteiger partial charge in [-0.3, -0.25) is 9.69 Å². The first-order chi connectivity index (χ1) is 8.15. The number of ketones is 1. The molecule has 0 aliphatic heterocycles. The van der Waals surface area contributed by atoms with Gasteiger partial charge in [0, 0.05) is 6.42 Å². The van der Waals surface area contributed by atoms with Crippen LogP contribution in [0, 0.1) is 0 Å². The van der Waals surface area contributed by atoms with E-state index >= 15 is 0 Å². The number of likely N-dealkylation sites (N-methyl/N-ethyl adjacent to an activating group) is 1. The third-order valence-electron chi connectivity index (χ3n) is 4.00. The summed E-state index contributed by atoms with van der Waals surface area (Å²) < 4.78 is 0. The van der Waals surface area contributed by atoms with Crippen LogP contribution in [0.1, 0.15) is 37.7 Å². The molecule has 2 rings (SSSR count). The maximum atomic E-state index is 12.6. The van der Waals surface area contributed by atoms with Crippen molar-refractivity contribution in [1.29, 1.82) is 0 Å². The first-order valence-electron chi connectivity index (χ1n) is 6.37. The van der Waals surface area contributed by atoms with Gasteiger partial charge in [-0.15, -0.1) is 0 Å². The summed E-state index contributed by atoms with van der Waals surface area (Å²) in [6, 6.07) is 2.06. The van der Waals surface area contributed by atoms with Gasteiger partial charge in [-0.25, -0.2) is 0 Å². The summed E-state index contributed by atoms with van der Waals surface area (Å²) in [6.45, 7) is 0. The average molecular weight is 251 g/mol. The Kier molecular flexibility index (Phi) is 4.00. The van der Waals surface area contributed by atoms with Gasteiger partial charge in [-0.2, -0.15) is 11.3 Å². The Morgan fingerprint density at radius 2 is 2.06 bits per heavy atom. The van der Waals surface area contributed by atoms with Crippen LogP contribution < -0.4 is 0 Å². The van der Waals surface area contributed by atoms with Crippen molar-refractivity contribution in [3.05, 3.63) is 22.4 Å². The molecule has 0 amide bonds. The summed E-state index contributed by atoms with van der Waals surface area (Å²) in [5, 5.41) is 4.13. The van der Waals surface area contributed by atoms with Gasteiger partial charge in [0.15, 0.2) is 5.78 Å². The maximum absolute atomic E-state index is 12.6. The van der Waals surface area contributed by atoms with Crippen LogP contribution in [0.3, 0.4) is 0 Å². The minimum absolute atomic E-state index is 0.194. The van der Waals surface area contributed by atoms with Gasteiger partial charge in [0.05, 0.1) is 5.54 Å². The van der Waals surface area contributed by atoms with E-state index < -0.39 is 0 Å². The second-order valence-electron chi connectivity index (χ2n) is 5.22. The van der Waals surface area contributed by atoms with Crippen molar-refractivity contribution in [2.24, 2.45) is 0 Å². The minimum Gasteiger partial charge on any atom is -0.297 e. The number of rotatable bonds is 4. The Labute approximate surface area is 108 Å². The molecule has 0 atom stereocenters. The molecule has 0 saturated heterocycles. The largest absolute Gasteiger partial charge is 0.297 e. The van der Waals surface area contributed by atoms with Crippen molar-refractivity contribution in [2.45, 2.75) is 44.1 Å². The molecule has 1 saturated carbocycles. The van der Waals surface area contributed by atoms with E-state index in [-0.39, 0.29) is 5.54 Å². The van der Waals surface area contributed by atoms with E-state index in [9.17, 15) is 4.79 Å². The van der Waals surface area contributed by atoms with Gasteiger partial charge in [0.1, 0.15) is 0 Å². The fourth-order valence-corrected chi connectivity index (χ4v) is 3.52. The second kappa shape index (κ2) is 5.32. The molecule has 0 bridgehead atoms. The second-order valence-corrected chi connectivity index (χ2v) is 6.00. The number of carbonyl (C=O) groups excluding carboxylic acids is 1. The highest BCUT2D eigenvalue weighted by Gasteiger charge is 2.40. The van der Waals surface area contributed by atoms with Crippen LogP contribution in [0.15, 0.2) is 16.8 Å². The molecule has 17 heavy (non-hydrogen) atoms. The van der Waals surface area contributed by atoms with Crippen molar-refractivity contribution in [2.75, 3.05) is 14.1 Å². The van der Waals surface area contributed by atoms with Crippen LogP contribution in [-0.4, -0.2) is 30.3 Å². The van der Waals surface area contributed by atoms with E-state index in [0.717, 1.165) is 12.8 Å².